The van der Waals surface area contributed by atoms with Gasteiger partial charge in [0.2, 0.25) is 10.3 Å². The molecule has 0 aliphatic carbocycles. The fourth-order valence-corrected chi connectivity index (χ4v) is 1.29. The summed E-state index contributed by atoms with van der Waals surface area (Å²) in [5, 5.41) is 7.19. The first-order valence-corrected chi connectivity index (χ1v) is 4.07. The third-order valence-electron chi connectivity index (χ3n) is 1.17. The van der Waals surface area contributed by atoms with Crippen LogP contribution in [0.15, 0.2) is 0 Å². The highest BCUT2D eigenvalue weighted by atomic mass is 32.1. The molecule has 0 saturated heterocycles. The Kier molecular flexibility index (Phi) is 2.60. The summed E-state index contributed by atoms with van der Waals surface area (Å²) in [6.45, 7) is -1.05. The number of nitrogen functional groups attached to an aromatic ring is 1. The third-order valence-corrected chi connectivity index (χ3v) is 2.04. The van der Waals surface area contributed by atoms with Crippen LogP contribution in [0.25, 0.3) is 0 Å². The van der Waals surface area contributed by atoms with E-state index in [0.29, 0.717) is 0 Å². The second-order valence-electron chi connectivity index (χ2n) is 2.39. The Balaban J connectivity index is 2.64. The third kappa shape index (κ3) is 3.05. The average molecular weight is 212 g/mol. The molecule has 0 saturated carbocycles. The monoisotopic (exact) mass is 212 g/mol. The number of hydrogen-bond acceptors (Lipinski definition) is 5. The van der Waals surface area contributed by atoms with Crippen LogP contribution < -0.4 is 10.6 Å². The summed E-state index contributed by atoms with van der Waals surface area (Å²) in [7, 11) is 1.29. The highest BCUT2D eigenvalue weighted by molar-refractivity contribution is 7.18. The number of nitrogens with two attached hydrogens (primary N) is 1. The summed E-state index contributed by atoms with van der Waals surface area (Å²) in [4.78, 5) is 0.952. The minimum absolute atomic E-state index is 0.157. The van der Waals surface area contributed by atoms with E-state index in [1.165, 1.54) is 7.05 Å². The largest absolute Gasteiger partial charge is 0.405 e. The zero-order chi connectivity index (χ0) is 10.1. The van der Waals surface area contributed by atoms with Crippen LogP contribution >= 0.6 is 11.3 Å². The molecular weight excluding hydrogens is 205 g/mol. The molecule has 0 aliphatic heterocycles. The van der Waals surface area contributed by atoms with Gasteiger partial charge in [-0.05, 0) is 0 Å². The zero-order valence-electron chi connectivity index (χ0n) is 6.67. The fourth-order valence-electron chi connectivity index (χ4n) is 0.717. The summed E-state index contributed by atoms with van der Waals surface area (Å²) in [6.07, 6.45) is -4.24. The van der Waals surface area contributed by atoms with E-state index in [1.54, 1.807) is 0 Å². The molecule has 0 atom stereocenters. The highest BCUT2D eigenvalue weighted by Gasteiger charge is 2.30. The number of nitrogens with zero attached hydrogens (tertiary/aromatic N) is 3. The Morgan fingerprint density at radius 1 is 1.46 bits per heavy atom. The minimum atomic E-state index is -4.24. The Morgan fingerprint density at radius 2 is 2.08 bits per heavy atom. The number of halogens is 3. The molecule has 8 heteroatoms. The van der Waals surface area contributed by atoms with E-state index in [1.807, 2.05) is 0 Å². The molecule has 4 nitrogen and oxygen atoms in total. The smallest absolute Gasteiger partial charge is 0.374 e. The van der Waals surface area contributed by atoms with Gasteiger partial charge in [0.1, 0.15) is 6.54 Å². The topological polar surface area (TPSA) is 55.0 Å². The molecule has 0 amide bonds. The molecule has 0 fully saturated rings. The van der Waals surface area contributed by atoms with Crippen molar-refractivity contribution in [3.05, 3.63) is 0 Å². The predicted molar refractivity (Wildman–Crippen MR) is 43.6 cm³/mol. The summed E-state index contributed by atoms with van der Waals surface area (Å²) >= 11 is 0.918. The molecule has 1 aromatic heterocycles. The molecule has 2 N–H and O–H groups in total. The van der Waals surface area contributed by atoms with Crippen molar-refractivity contribution >= 4 is 21.6 Å². The van der Waals surface area contributed by atoms with Crippen LogP contribution in [0, 0.1) is 0 Å². The van der Waals surface area contributed by atoms with Crippen molar-refractivity contribution in [1.29, 1.82) is 0 Å². The molecule has 0 spiro atoms. The van der Waals surface area contributed by atoms with E-state index in [9.17, 15) is 13.2 Å². The van der Waals surface area contributed by atoms with Gasteiger partial charge in [-0.3, -0.25) is 0 Å². The summed E-state index contributed by atoms with van der Waals surface area (Å²) in [5.74, 6) is 0. The predicted octanol–water partition coefficient (Wildman–Crippen LogP) is 1.12. The van der Waals surface area contributed by atoms with Gasteiger partial charge in [-0.15, -0.1) is 10.2 Å². The van der Waals surface area contributed by atoms with Crippen molar-refractivity contribution in [3.63, 3.8) is 0 Å². The van der Waals surface area contributed by atoms with Crippen LogP contribution in [-0.2, 0) is 0 Å². The maximum Gasteiger partial charge on any atom is 0.405 e. The first-order valence-electron chi connectivity index (χ1n) is 3.25. The standard InChI is InChI=1S/C5H7F3N4S/c1-12(2-5(6,7)8)4-11-10-3(9)13-4/h2H2,1H3,(H2,9,10). The van der Waals surface area contributed by atoms with Crippen molar-refractivity contribution in [3.8, 4) is 0 Å². The number of aromatic nitrogens is 2. The van der Waals surface area contributed by atoms with Gasteiger partial charge in [-0.2, -0.15) is 13.2 Å². The van der Waals surface area contributed by atoms with Gasteiger partial charge in [0.15, 0.2) is 0 Å². The van der Waals surface area contributed by atoms with E-state index in [-0.39, 0.29) is 10.3 Å². The highest BCUT2D eigenvalue weighted by Crippen LogP contribution is 2.24. The lowest BCUT2D eigenvalue weighted by atomic mass is 10.6. The maximum absolute atomic E-state index is 11.9. The lowest BCUT2D eigenvalue weighted by Gasteiger charge is -2.16. The van der Waals surface area contributed by atoms with Gasteiger partial charge in [-0.1, -0.05) is 11.3 Å². The van der Waals surface area contributed by atoms with E-state index < -0.39 is 12.7 Å². The molecule has 1 rings (SSSR count). The van der Waals surface area contributed by atoms with Gasteiger partial charge in [0.25, 0.3) is 0 Å². The van der Waals surface area contributed by atoms with Gasteiger partial charge in [0.05, 0.1) is 0 Å². The van der Waals surface area contributed by atoms with Crippen LogP contribution in [0.2, 0.25) is 0 Å². The number of anilines is 2. The van der Waals surface area contributed by atoms with Crippen LogP contribution in [0.4, 0.5) is 23.4 Å². The number of hydrogen-bond donors (Lipinski definition) is 1. The Morgan fingerprint density at radius 3 is 2.46 bits per heavy atom. The fraction of sp³-hybridized carbons (Fsp3) is 0.600. The molecule has 74 valence electrons. The van der Waals surface area contributed by atoms with Crippen molar-refractivity contribution in [2.45, 2.75) is 6.18 Å². The molecule has 0 radical (unpaired) electrons. The van der Waals surface area contributed by atoms with Crippen LogP contribution in [0.5, 0.6) is 0 Å². The molecular formula is C5H7F3N4S. The summed E-state index contributed by atoms with van der Waals surface area (Å²) in [6, 6.07) is 0. The van der Waals surface area contributed by atoms with Crippen molar-refractivity contribution in [2.24, 2.45) is 0 Å². The summed E-state index contributed by atoms with van der Waals surface area (Å²) in [5.41, 5.74) is 5.22. The second-order valence-corrected chi connectivity index (χ2v) is 3.38. The minimum Gasteiger partial charge on any atom is -0.374 e. The molecule has 1 heterocycles. The normalized spacial score (nSPS) is 11.7. The van der Waals surface area contributed by atoms with E-state index in [4.69, 9.17) is 5.73 Å². The second kappa shape index (κ2) is 3.36. The van der Waals surface area contributed by atoms with E-state index >= 15 is 0 Å². The molecule has 1 aromatic rings. The first-order chi connectivity index (χ1) is 5.88. The zero-order valence-corrected chi connectivity index (χ0v) is 7.48. The number of alkyl halides is 3. The van der Waals surface area contributed by atoms with Gasteiger partial charge >= 0.3 is 6.18 Å². The molecule has 0 unspecified atom stereocenters. The quantitative estimate of drug-likeness (QED) is 0.798. The summed E-state index contributed by atoms with van der Waals surface area (Å²) < 4.78 is 35.6. The molecule has 0 bridgehead atoms. The van der Waals surface area contributed by atoms with Crippen LogP contribution in [0.3, 0.4) is 0 Å². The number of rotatable bonds is 2. The lowest BCUT2D eigenvalue weighted by molar-refractivity contribution is -0.119. The van der Waals surface area contributed by atoms with Crippen molar-refractivity contribution < 1.29 is 13.2 Å². The Bertz CT molecular complexity index is 284. The Hall–Kier alpha value is -1.05. The molecule has 13 heavy (non-hydrogen) atoms. The SMILES string of the molecule is CN(CC(F)(F)F)c1nnc(N)s1. The van der Waals surface area contributed by atoms with E-state index in [0.717, 1.165) is 16.2 Å². The lowest BCUT2D eigenvalue weighted by Crippen LogP contribution is -2.30. The average Bonchev–Trinajstić information content (AvgIpc) is 2.31. The van der Waals surface area contributed by atoms with Crippen molar-refractivity contribution in [2.75, 3.05) is 24.2 Å². The molecule has 0 aliphatic rings. The van der Waals surface area contributed by atoms with Crippen molar-refractivity contribution in [1.82, 2.24) is 10.2 Å². The maximum atomic E-state index is 11.9. The van der Waals surface area contributed by atoms with Gasteiger partial charge in [0, 0.05) is 7.05 Å². The van der Waals surface area contributed by atoms with Crippen LogP contribution in [-0.4, -0.2) is 30.0 Å². The van der Waals surface area contributed by atoms with Crippen LogP contribution in [0.1, 0.15) is 0 Å². The first kappa shape index (κ1) is 10.0. The Labute approximate surface area is 76.2 Å². The van der Waals surface area contributed by atoms with Gasteiger partial charge in [-0.25, -0.2) is 0 Å². The molecule has 0 aromatic carbocycles. The van der Waals surface area contributed by atoms with Gasteiger partial charge < -0.3 is 10.6 Å². The van der Waals surface area contributed by atoms with E-state index in [2.05, 4.69) is 10.2 Å².